The highest BCUT2D eigenvalue weighted by Crippen LogP contribution is 2.22. The number of ether oxygens (including phenoxy) is 1. The molecule has 0 atom stereocenters. The Kier molecular flexibility index (Phi) is 6.46. The van der Waals surface area contributed by atoms with Gasteiger partial charge in [0.15, 0.2) is 5.69 Å². The number of aromatic amines is 1. The summed E-state index contributed by atoms with van der Waals surface area (Å²) in [7, 11) is 0. The third-order valence-electron chi connectivity index (χ3n) is 5.39. The predicted octanol–water partition coefficient (Wildman–Crippen LogP) is 2.75. The lowest BCUT2D eigenvalue weighted by Crippen LogP contribution is -2.46. The van der Waals surface area contributed by atoms with Gasteiger partial charge in [-0.25, -0.2) is 0 Å². The number of piperidine rings is 1. The second-order valence-corrected chi connectivity index (χ2v) is 7.52. The van der Waals surface area contributed by atoms with Crippen molar-refractivity contribution in [2.24, 2.45) is 0 Å². The van der Waals surface area contributed by atoms with E-state index >= 15 is 0 Å². The van der Waals surface area contributed by atoms with Gasteiger partial charge in [0.1, 0.15) is 17.9 Å². The molecule has 1 aromatic heterocycles. The molecule has 1 aliphatic rings. The largest absolute Gasteiger partial charge is 0.489 e. The highest BCUT2D eigenvalue weighted by molar-refractivity contribution is 5.95. The van der Waals surface area contributed by atoms with Crippen LogP contribution in [0.2, 0.25) is 0 Å². The van der Waals surface area contributed by atoms with Crippen LogP contribution in [0.5, 0.6) is 5.75 Å². The van der Waals surface area contributed by atoms with Crippen LogP contribution in [0, 0.1) is 11.3 Å². The lowest BCUT2D eigenvalue weighted by molar-refractivity contribution is -0.131. The summed E-state index contributed by atoms with van der Waals surface area (Å²) in [5.41, 5.74) is 2.40. The summed E-state index contributed by atoms with van der Waals surface area (Å²) < 4.78 is 5.96. The number of carbonyl (C=O) groups excluding carboxylic acids is 2. The van der Waals surface area contributed by atoms with Crippen LogP contribution in [-0.4, -0.2) is 52.6 Å². The average Bonchev–Trinajstić information content (AvgIpc) is 3.34. The Labute approximate surface area is 185 Å². The molecule has 0 radical (unpaired) electrons. The minimum atomic E-state index is -0.400. The Morgan fingerprint density at radius 1 is 1.12 bits per heavy atom. The summed E-state index contributed by atoms with van der Waals surface area (Å²) in [6.07, 6.45) is 1.28. The van der Waals surface area contributed by atoms with Crippen LogP contribution in [0.4, 0.5) is 0 Å². The number of nitrogens with one attached hydrogen (secondary N) is 2. The van der Waals surface area contributed by atoms with Gasteiger partial charge in [-0.1, -0.05) is 42.5 Å². The first-order valence-corrected chi connectivity index (χ1v) is 10.5. The lowest BCUT2D eigenvalue weighted by atomic mass is 10.1. The van der Waals surface area contributed by atoms with Crippen LogP contribution in [-0.2, 0) is 4.79 Å². The fourth-order valence-electron chi connectivity index (χ4n) is 3.63. The van der Waals surface area contributed by atoms with Crippen molar-refractivity contribution in [2.75, 3.05) is 19.6 Å². The Hall–Kier alpha value is -4.12. The second-order valence-electron chi connectivity index (χ2n) is 7.52. The number of likely N-dealkylation sites (tertiary alicyclic amines) is 1. The molecular formula is C24H23N5O3. The molecule has 1 saturated heterocycles. The SMILES string of the molecule is N#Cc1ccccc1OC1CCN(C(=O)CNC(=O)c2cc(-c3ccccc3)[nH]n2)CC1. The van der Waals surface area contributed by atoms with Gasteiger partial charge in [0, 0.05) is 25.9 Å². The Morgan fingerprint density at radius 2 is 1.84 bits per heavy atom. The number of nitrogens with zero attached hydrogens (tertiary/aromatic N) is 3. The monoisotopic (exact) mass is 429 g/mol. The normalized spacial score (nSPS) is 13.9. The zero-order chi connectivity index (χ0) is 22.3. The van der Waals surface area contributed by atoms with Crippen molar-refractivity contribution in [1.82, 2.24) is 20.4 Å². The Morgan fingerprint density at radius 3 is 2.59 bits per heavy atom. The maximum atomic E-state index is 12.5. The van der Waals surface area contributed by atoms with Gasteiger partial charge in [-0.05, 0) is 23.8 Å². The van der Waals surface area contributed by atoms with E-state index in [0.717, 1.165) is 11.3 Å². The first-order chi connectivity index (χ1) is 15.6. The summed E-state index contributed by atoms with van der Waals surface area (Å²) in [6, 6.07) is 20.5. The van der Waals surface area contributed by atoms with E-state index in [1.807, 2.05) is 36.4 Å². The van der Waals surface area contributed by atoms with E-state index in [2.05, 4.69) is 21.6 Å². The van der Waals surface area contributed by atoms with Gasteiger partial charge < -0.3 is 15.0 Å². The van der Waals surface area contributed by atoms with E-state index in [1.165, 1.54) is 0 Å². The first kappa shape index (κ1) is 21.1. The Balaban J connectivity index is 1.24. The molecule has 162 valence electrons. The maximum Gasteiger partial charge on any atom is 0.272 e. The molecule has 1 aliphatic heterocycles. The molecule has 2 heterocycles. The molecule has 4 rings (SSSR count). The molecule has 1 fully saturated rings. The predicted molar refractivity (Wildman–Crippen MR) is 118 cm³/mol. The topological polar surface area (TPSA) is 111 Å². The molecule has 8 nitrogen and oxygen atoms in total. The van der Waals surface area contributed by atoms with Crippen LogP contribution in [0.25, 0.3) is 11.3 Å². The van der Waals surface area contributed by atoms with E-state index in [4.69, 9.17) is 4.74 Å². The molecule has 2 N–H and O–H groups in total. The van der Waals surface area contributed by atoms with Gasteiger partial charge in [0.25, 0.3) is 5.91 Å². The van der Waals surface area contributed by atoms with Gasteiger partial charge in [-0.3, -0.25) is 14.7 Å². The van der Waals surface area contributed by atoms with Crippen LogP contribution in [0.15, 0.2) is 60.7 Å². The smallest absolute Gasteiger partial charge is 0.272 e. The quantitative estimate of drug-likeness (QED) is 0.626. The fourth-order valence-corrected chi connectivity index (χ4v) is 3.63. The van der Waals surface area contributed by atoms with Crippen molar-refractivity contribution >= 4 is 11.8 Å². The summed E-state index contributed by atoms with van der Waals surface area (Å²) in [5.74, 6) is 0.0251. The number of rotatable bonds is 6. The number of carbonyl (C=O) groups is 2. The minimum Gasteiger partial charge on any atom is -0.489 e. The standard InChI is InChI=1S/C24H23N5O3/c25-15-18-8-4-5-9-22(18)32-19-10-12-29(13-11-19)23(30)16-26-24(31)21-14-20(27-28-21)17-6-2-1-3-7-17/h1-9,14,19H,10-13,16H2,(H,26,31)(H,27,28). The zero-order valence-corrected chi connectivity index (χ0v) is 17.5. The number of para-hydroxylation sites is 1. The van der Waals surface area contributed by atoms with Crippen molar-refractivity contribution in [3.8, 4) is 23.1 Å². The third kappa shape index (κ3) is 4.95. The van der Waals surface area contributed by atoms with Crippen molar-refractivity contribution in [1.29, 1.82) is 5.26 Å². The molecular weight excluding hydrogens is 406 g/mol. The molecule has 2 amide bonds. The van der Waals surface area contributed by atoms with Crippen LogP contribution in [0.3, 0.4) is 0 Å². The van der Waals surface area contributed by atoms with E-state index < -0.39 is 5.91 Å². The number of nitriles is 1. The number of hydrogen-bond acceptors (Lipinski definition) is 5. The molecule has 32 heavy (non-hydrogen) atoms. The van der Waals surface area contributed by atoms with Crippen molar-refractivity contribution in [2.45, 2.75) is 18.9 Å². The Bertz CT molecular complexity index is 1130. The van der Waals surface area contributed by atoms with Gasteiger partial charge >= 0.3 is 0 Å². The number of amides is 2. The van der Waals surface area contributed by atoms with Crippen LogP contribution >= 0.6 is 0 Å². The fraction of sp³-hybridized carbons (Fsp3) is 0.250. The summed E-state index contributed by atoms with van der Waals surface area (Å²) in [4.78, 5) is 26.6. The van der Waals surface area contributed by atoms with Gasteiger partial charge in [0.05, 0.1) is 17.8 Å². The summed E-state index contributed by atoms with van der Waals surface area (Å²) in [6.45, 7) is 0.985. The average molecular weight is 429 g/mol. The van der Waals surface area contributed by atoms with Gasteiger partial charge in [0.2, 0.25) is 5.91 Å². The van der Waals surface area contributed by atoms with Crippen LogP contribution < -0.4 is 10.1 Å². The van der Waals surface area contributed by atoms with E-state index in [-0.39, 0.29) is 24.2 Å². The maximum absolute atomic E-state index is 12.5. The van der Waals surface area contributed by atoms with E-state index in [1.54, 1.807) is 29.2 Å². The molecule has 2 aromatic carbocycles. The summed E-state index contributed by atoms with van der Waals surface area (Å²) >= 11 is 0. The minimum absolute atomic E-state index is 0.0522. The molecule has 0 aliphatic carbocycles. The summed E-state index contributed by atoms with van der Waals surface area (Å²) in [5, 5.41) is 18.7. The first-order valence-electron chi connectivity index (χ1n) is 10.5. The molecule has 0 saturated carbocycles. The van der Waals surface area contributed by atoms with Gasteiger partial charge in [-0.15, -0.1) is 0 Å². The second kappa shape index (κ2) is 9.79. The van der Waals surface area contributed by atoms with Crippen molar-refractivity contribution in [3.63, 3.8) is 0 Å². The molecule has 0 unspecified atom stereocenters. The van der Waals surface area contributed by atoms with E-state index in [9.17, 15) is 14.9 Å². The van der Waals surface area contributed by atoms with E-state index in [0.29, 0.717) is 37.2 Å². The zero-order valence-electron chi connectivity index (χ0n) is 17.5. The van der Waals surface area contributed by atoms with Crippen molar-refractivity contribution in [3.05, 3.63) is 71.9 Å². The van der Waals surface area contributed by atoms with Crippen LogP contribution in [0.1, 0.15) is 28.9 Å². The number of aromatic nitrogens is 2. The highest BCUT2D eigenvalue weighted by Gasteiger charge is 2.25. The highest BCUT2D eigenvalue weighted by atomic mass is 16.5. The molecule has 8 heteroatoms. The molecule has 0 spiro atoms. The number of hydrogen-bond donors (Lipinski definition) is 2. The van der Waals surface area contributed by atoms with Gasteiger partial charge in [-0.2, -0.15) is 10.4 Å². The molecule has 0 bridgehead atoms. The molecule has 3 aromatic rings. The third-order valence-corrected chi connectivity index (χ3v) is 5.39. The number of H-pyrrole nitrogens is 1. The van der Waals surface area contributed by atoms with Crippen molar-refractivity contribution < 1.29 is 14.3 Å². The lowest BCUT2D eigenvalue weighted by Gasteiger charge is -2.32. The number of benzene rings is 2.